The van der Waals surface area contributed by atoms with Crippen LogP contribution in [0.1, 0.15) is 5.56 Å². The summed E-state index contributed by atoms with van der Waals surface area (Å²) in [6.45, 7) is -2.04. The zero-order chi connectivity index (χ0) is 25.4. The van der Waals surface area contributed by atoms with Crippen molar-refractivity contribution in [1.82, 2.24) is 25.2 Å². The molecule has 10 nitrogen and oxygen atoms in total. The number of H-pyrrole nitrogens is 1. The fraction of sp³-hybridized carbons (Fsp3) is 0.333. The van der Waals surface area contributed by atoms with Crippen molar-refractivity contribution in [2.75, 3.05) is 25.4 Å². The number of aromatic nitrogens is 3. The zero-order valence-electron chi connectivity index (χ0n) is 18.1. The monoisotopic (exact) mass is 511 g/mol. The second-order valence-electron chi connectivity index (χ2n) is 8.17. The van der Waals surface area contributed by atoms with Gasteiger partial charge in [0.2, 0.25) is 5.91 Å². The van der Waals surface area contributed by atoms with Crippen molar-refractivity contribution in [2.24, 2.45) is 0 Å². The molecule has 2 heterocycles. The van der Waals surface area contributed by atoms with Crippen molar-refractivity contribution < 1.29 is 36.3 Å². The van der Waals surface area contributed by atoms with Crippen molar-refractivity contribution in [2.45, 2.75) is 23.0 Å². The second-order valence-corrected chi connectivity index (χ2v) is 10.2. The van der Waals surface area contributed by atoms with Crippen molar-refractivity contribution in [3.63, 3.8) is 0 Å². The number of hydrogen-bond acceptors (Lipinski definition) is 6. The van der Waals surface area contributed by atoms with Crippen LogP contribution in [0.2, 0.25) is 0 Å². The highest BCUT2D eigenvalue weighted by molar-refractivity contribution is 7.92. The van der Waals surface area contributed by atoms with Crippen LogP contribution < -0.4 is 0 Å². The summed E-state index contributed by atoms with van der Waals surface area (Å²) in [6, 6.07) is 11.3. The molecule has 186 valence electrons. The number of nitrogens with one attached hydrogen (secondary N) is 1. The van der Waals surface area contributed by atoms with E-state index in [1.54, 1.807) is 6.07 Å². The quantitative estimate of drug-likeness (QED) is 0.535. The minimum atomic E-state index is -5.04. The van der Waals surface area contributed by atoms with Gasteiger partial charge in [0.25, 0.3) is 0 Å². The molecule has 2 N–H and O–H groups in total. The minimum Gasteiger partial charge on any atom is -0.465 e. The Kier molecular flexibility index (Phi) is 6.17. The predicted molar refractivity (Wildman–Crippen MR) is 116 cm³/mol. The van der Waals surface area contributed by atoms with E-state index in [1.165, 1.54) is 42.5 Å². The van der Waals surface area contributed by atoms with E-state index in [2.05, 4.69) is 15.4 Å². The molecule has 0 bridgehead atoms. The smallest absolute Gasteiger partial charge is 0.413 e. The Morgan fingerprint density at radius 3 is 2.40 bits per heavy atom. The number of carbonyl (C=O) groups is 2. The number of rotatable bonds is 5. The largest absolute Gasteiger partial charge is 0.465 e. The van der Waals surface area contributed by atoms with Gasteiger partial charge in [0.05, 0.1) is 11.4 Å². The predicted octanol–water partition coefficient (Wildman–Crippen LogP) is 2.10. The van der Waals surface area contributed by atoms with Gasteiger partial charge in [0, 0.05) is 19.5 Å². The Hall–Kier alpha value is -3.68. The molecule has 1 aliphatic heterocycles. The molecule has 1 atom stereocenters. The van der Waals surface area contributed by atoms with E-state index >= 15 is 0 Å². The van der Waals surface area contributed by atoms with E-state index < -0.39 is 58.8 Å². The molecule has 0 aliphatic carbocycles. The number of nitrogens with zero attached hydrogens (tertiary/aromatic N) is 4. The number of carbonyl (C=O) groups excluding carboxylic acids is 1. The topological polar surface area (TPSA) is 137 Å². The summed E-state index contributed by atoms with van der Waals surface area (Å²) >= 11 is 0. The zero-order valence-corrected chi connectivity index (χ0v) is 18.9. The average Bonchev–Trinajstić information content (AvgIpc) is 3.26. The van der Waals surface area contributed by atoms with Crippen LogP contribution in [0.25, 0.3) is 11.0 Å². The number of piperazine rings is 1. The Morgan fingerprint density at radius 1 is 1.06 bits per heavy atom. The van der Waals surface area contributed by atoms with Crippen LogP contribution in [0, 0.1) is 0 Å². The molecule has 1 fully saturated rings. The van der Waals surface area contributed by atoms with Crippen LogP contribution in [0.5, 0.6) is 0 Å². The lowest BCUT2D eigenvalue weighted by Crippen LogP contribution is -2.72. The van der Waals surface area contributed by atoms with Crippen LogP contribution in [0.15, 0.2) is 53.4 Å². The molecule has 0 radical (unpaired) electrons. The van der Waals surface area contributed by atoms with E-state index in [0.29, 0.717) is 5.52 Å². The molecular formula is C21H20F3N5O5S. The van der Waals surface area contributed by atoms with Gasteiger partial charge in [-0.2, -0.15) is 28.6 Å². The number of sulfone groups is 1. The highest BCUT2D eigenvalue weighted by Crippen LogP contribution is 2.41. The molecule has 2 amide bonds. The third kappa shape index (κ3) is 4.65. The Balaban J connectivity index is 1.63. The van der Waals surface area contributed by atoms with E-state index in [0.717, 1.165) is 4.90 Å². The number of alkyl halides is 3. The summed E-state index contributed by atoms with van der Waals surface area (Å²) in [7, 11) is -4.22. The first-order chi connectivity index (χ1) is 16.4. The molecule has 2 aromatic carbocycles. The maximum atomic E-state index is 14.5. The van der Waals surface area contributed by atoms with Gasteiger partial charge < -0.3 is 10.0 Å². The molecule has 4 rings (SSSR count). The number of hydrogen-bond donors (Lipinski definition) is 2. The van der Waals surface area contributed by atoms with Crippen molar-refractivity contribution in [1.29, 1.82) is 0 Å². The summed E-state index contributed by atoms with van der Waals surface area (Å²) in [6.07, 6.45) is -7.56. The van der Waals surface area contributed by atoms with E-state index in [1.807, 2.05) is 0 Å². The van der Waals surface area contributed by atoms with Gasteiger partial charge in [-0.3, -0.25) is 9.69 Å². The average molecular weight is 511 g/mol. The van der Waals surface area contributed by atoms with Gasteiger partial charge in [-0.25, -0.2) is 13.2 Å². The lowest BCUT2D eigenvalue weighted by molar-refractivity contribution is -0.238. The Morgan fingerprint density at radius 2 is 1.74 bits per heavy atom. The molecular weight excluding hydrogens is 491 g/mol. The molecule has 3 aromatic rings. The van der Waals surface area contributed by atoms with E-state index in [4.69, 9.17) is 0 Å². The van der Waals surface area contributed by atoms with Crippen LogP contribution in [0.3, 0.4) is 0 Å². The first-order valence-electron chi connectivity index (χ1n) is 10.4. The standard InChI is InChI=1S/C21H20F3N5O5S/c22-21(23,24)20(11-14-4-2-1-3-5-14)13-28(8-9-29(20)19(31)32)18(30)12-35(33,34)15-6-7-16-17(10-15)26-27-25-16/h1-7,10H,8-9,11-13H2,(H,31,32)(H,25,26,27). The van der Waals surface area contributed by atoms with Gasteiger partial charge in [0.15, 0.2) is 15.4 Å². The highest BCUT2D eigenvalue weighted by Gasteiger charge is 2.62. The number of carboxylic acid groups (broad SMARTS) is 1. The first-order valence-corrected chi connectivity index (χ1v) is 12.0. The van der Waals surface area contributed by atoms with Gasteiger partial charge in [-0.1, -0.05) is 30.3 Å². The fourth-order valence-corrected chi connectivity index (χ4v) is 5.43. The third-order valence-corrected chi connectivity index (χ3v) is 7.57. The Labute approximate surface area is 197 Å². The highest BCUT2D eigenvalue weighted by atomic mass is 32.2. The third-order valence-electron chi connectivity index (χ3n) is 5.97. The van der Waals surface area contributed by atoms with Crippen molar-refractivity contribution >= 4 is 32.9 Å². The molecule has 35 heavy (non-hydrogen) atoms. The summed E-state index contributed by atoms with van der Waals surface area (Å²) in [5.41, 5.74) is -2.08. The molecule has 0 spiro atoms. The second kappa shape index (κ2) is 8.83. The fourth-order valence-electron chi connectivity index (χ4n) is 4.18. The van der Waals surface area contributed by atoms with Gasteiger partial charge in [-0.05, 0) is 23.8 Å². The Bertz CT molecular complexity index is 1360. The number of fused-ring (bicyclic) bond motifs is 1. The van der Waals surface area contributed by atoms with Crippen LogP contribution >= 0.6 is 0 Å². The minimum absolute atomic E-state index is 0.221. The number of amides is 2. The number of benzene rings is 2. The van der Waals surface area contributed by atoms with Crippen LogP contribution in [-0.2, 0) is 21.1 Å². The molecule has 1 unspecified atom stereocenters. The van der Waals surface area contributed by atoms with Crippen LogP contribution in [-0.4, -0.2) is 87.8 Å². The van der Waals surface area contributed by atoms with Gasteiger partial charge in [-0.15, -0.1) is 0 Å². The number of halogens is 3. The normalized spacial score (nSPS) is 19.2. The lowest BCUT2D eigenvalue weighted by atomic mass is 9.85. The molecule has 1 aliphatic rings. The van der Waals surface area contributed by atoms with Gasteiger partial charge in [0.1, 0.15) is 16.8 Å². The number of aromatic amines is 1. The summed E-state index contributed by atoms with van der Waals surface area (Å²) < 4.78 is 69.1. The summed E-state index contributed by atoms with van der Waals surface area (Å²) in [5, 5.41) is 19.5. The molecule has 1 saturated heterocycles. The molecule has 1 aromatic heterocycles. The SMILES string of the molecule is O=C(CS(=O)(=O)c1ccc2n[nH]nc2c1)N1CCN(C(=O)O)C(Cc2ccccc2)(C(F)(F)F)C1. The summed E-state index contributed by atoms with van der Waals surface area (Å²) in [4.78, 5) is 25.5. The maximum Gasteiger partial charge on any atom is 0.413 e. The van der Waals surface area contributed by atoms with Crippen molar-refractivity contribution in [3.8, 4) is 0 Å². The van der Waals surface area contributed by atoms with E-state index in [-0.39, 0.29) is 27.4 Å². The molecule has 14 heteroatoms. The van der Waals surface area contributed by atoms with E-state index in [9.17, 15) is 36.3 Å². The van der Waals surface area contributed by atoms with Crippen molar-refractivity contribution in [3.05, 3.63) is 54.1 Å². The first kappa shape index (κ1) is 24.4. The van der Waals surface area contributed by atoms with Crippen LogP contribution in [0.4, 0.5) is 18.0 Å². The van der Waals surface area contributed by atoms with Gasteiger partial charge >= 0.3 is 12.3 Å². The molecule has 0 saturated carbocycles. The lowest BCUT2D eigenvalue weighted by Gasteiger charge is -2.50. The maximum absolute atomic E-state index is 14.5. The summed E-state index contributed by atoms with van der Waals surface area (Å²) in [5.74, 6) is -2.14.